The lowest BCUT2D eigenvalue weighted by Gasteiger charge is -2.09. The maximum Gasteiger partial charge on any atom is 0.338 e. The molecule has 0 unspecified atom stereocenters. The lowest BCUT2D eigenvalue weighted by atomic mass is 10.2. The Morgan fingerprint density at radius 3 is 2.57 bits per heavy atom. The van der Waals surface area contributed by atoms with E-state index in [2.05, 4.69) is 27.9 Å². The van der Waals surface area contributed by atoms with Crippen molar-refractivity contribution in [2.45, 2.75) is 6.92 Å². The molecule has 0 fully saturated rings. The molecule has 0 heterocycles. The van der Waals surface area contributed by atoms with Gasteiger partial charge >= 0.3 is 5.97 Å². The second kappa shape index (κ2) is 8.52. The average Bonchev–Trinajstić information content (AvgIpc) is 2.55. The van der Waals surface area contributed by atoms with Crippen molar-refractivity contribution in [1.29, 1.82) is 0 Å². The molecule has 23 heavy (non-hydrogen) atoms. The van der Waals surface area contributed by atoms with Gasteiger partial charge in [-0.15, -0.1) is 0 Å². The number of halogens is 1. The highest BCUT2D eigenvalue weighted by atomic mass is 127. The number of ether oxygens (including phenoxy) is 2. The zero-order valence-electron chi connectivity index (χ0n) is 12.5. The number of hydrogen-bond acceptors (Lipinski definition) is 4. The van der Waals surface area contributed by atoms with Crippen LogP contribution in [-0.4, -0.2) is 25.1 Å². The van der Waals surface area contributed by atoms with Crippen LogP contribution in [0.15, 0.2) is 48.5 Å². The number of amides is 1. The summed E-state index contributed by atoms with van der Waals surface area (Å²) in [5.41, 5.74) is 0.912. The standard InChI is InChI=1S/C17H16INO4/c1-2-22-17(21)12-4-3-5-14(10-12)19-16(20)11-23-15-8-6-13(18)7-9-15/h3-10H,2,11H2,1H3,(H,19,20). The molecule has 1 N–H and O–H groups in total. The highest BCUT2D eigenvalue weighted by Crippen LogP contribution is 2.14. The van der Waals surface area contributed by atoms with Crippen LogP contribution in [0.5, 0.6) is 5.75 Å². The highest BCUT2D eigenvalue weighted by Gasteiger charge is 2.09. The zero-order valence-corrected chi connectivity index (χ0v) is 14.7. The Morgan fingerprint density at radius 1 is 1.13 bits per heavy atom. The molecule has 0 spiro atoms. The summed E-state index contributed by atoms with van der Waals surface area (Å²) in [4.78, 5) is 23.6. The van der Waals surface area contributed by atoms with E-state index in [0.29, 0.717) is 23.6 Å². The number of benzene rings is 2. The summed E-state index contributed by atoms with van der Waals surface area (Å²) in [6.45, 7) is 1.94. The van der Waals surface area contributed by atoms with Gasteiger partial charge in [-0.3, -0.25) is 4.79 Å². The molecule has 120 valence electrons. The van der Waals surface area contributed by atoms with Crippen LogP contribution in [-0.2, 0) is 9.53 Å². The van der Waals surface area contributed by atoms with Crippen molar-refractivity contribution in [1.82, 2.24) is 0 Å². The third-order valence-electron chi connectivity index (χ3n) is 2.84. The van der Waals surface area contributed by atoms with Crippen LogP contribution in [0.4, 0.5) is 5.69 Å². The average molecular weight is 425 g/mol. The van der Waals surface area contributed by atoms with Crippen LogP contribution < -0.4 is 10.1 Å². The third kappa shape index (κ3) is 5.55. The molecule has 2 aromatic rings. The summed E-state index contributed by atoms with van der Waals surface area (Å²) >= 11 is 2.19. The zero-order chi connectivity index (χ0) is 16.7. The number of carbonyl (C=O) groups is 2. The van der Waals surface area contributed by atoms with E-state index in [0.717, 1.165) is 3.57 Å². The van der Waals surface area contributed by atoms with Crippen molar-refractivity contribution < 1.29 is 19.1 Å². The second-order valence-corrected chi connectivity index (χ2v) is 5.84. The van der Waals surface area contributed by atoms with Crippen LogP contribution >= 0.6 is 22.6 Å². The summed E-state index contributed by atoms with van der Waals surface area (Å²) in [7, 11) is 0. The SMILES string of the molecule is CCOC(=O)c1cccc(NC(=O)COc2ccc(I)cc2)c1. The molecule has 0 aliphatic heterocycles. The monoisotopic (exact) mass is 425 g/mol. The molecule has 1 amide bonds. The van der Waals surface area contributed by atoms with E-state index in [1.165, 1.54) is 0 Å². The Hall–Kier alpha value is -2.09. The largest absolute Gasteiger partial charge is 0.484 e. The van der Waals surface area contributed by atoms with Crippen molar-refractivity contribution >= 4 is 40.2 Å². The smallest absolute Gasteiger partial charge is 0.338 e. The minimum atomic E-state index is -0.418. The first-order valence-electron chi connectivity index (χ1n) is 7.04. The van der Waals surface area contributed by atoms with Gasteiger partial charge in [0, 0.05) is 9.26 Å². The Kier molecular flexibility index (Phi) is 6.40. The molecule has 0 aliphatic carbocycles. The van der Waals surface area contributed by atoms with E-state index in [1.54, 1.807) is 43.3 Å². The summed E-state index contributed by atoms with van der Waals surface area (Å²) in [6.07, 6.45) is 0. The number of nitrogens with one attached hydrogen (secondary N) is 1. The van der Waals surface area contributed by atoms with Gasteiger partial charge in [-0.1, -0.05) is 6.07 Å². The Morgan fingerprint density at radius 2 is 1.87 bits per heavy atom. The normalized spacial score (nSPS) is 10.0. The van der Waals surface area contributed by atoms with Gasteiger partial charge in [0.15, 0.2) is 6.61 Å². The molecule has 5 nitrogen and oxygen atoms in total. The molecular formula is C17H16INO4. The van der Waals surface area contributed by atoms with E-state index in [1.807, 2.05) is 12.1 Å². The van der Waals surface area contributed by atoms with Gasteiger partial charge in [0.2, 0.25) is 0 Å². The first-order valence-corrected chi connectivity index (χ1v) is 8.11. The number of esters is 1. The van der Waals surface area contributed by atoms with Crippen molar-refractivity contribution in [2.24, 2.45) is 0 Å². The maximum absolute atomic E-state index is 11.9. The van der Waals surface area contributed by atoms with E-state index in [4.69, 9.17) is 9.47 Å². The number of carbonyl (C=O) groups excluding carboxylic acids is 2. The fraction of sp³-hybridized carbons (Fsp3) is 0.176. The molecule has 6 heteroatoms. The molecule has 0 bridgehead atoms. The molecule has 2 rings (SSSR count). The summed E-state index contributed by atoms with van der Waals surface area (Å²) < 4.78 is 11.4. The third-order valence-corrected chi connectivity index (χ3v) is 3.56. The fourth-order valence-electron chi connectivity index (χ4n) is 1.82. The number of hydrogen-bond donors (Lipinski definition) is 1. The molecule has 0 saturated heterocycles. The predicted octanol–water partition coefficient (Wildman–Crippen LogP) is 3.49. The topological polar surface area (TPSA) is 64.6 Å². The van der Waals surface area contributed by atoms with Gasteiger partial charge in [-0.2, -0.15) is 0 Å². The van der Waals surface area contributed by atoms with Crippen LogP contribution in [0, 0.1) is 3.57 Å². The first kappa shape index (κ1) is 17.3. The van der Waals surface area contributed by atoms with E-state index in [9.17, 15) is 9.59 Å². The first-order chi connectivity index (χ1) is 11.1. The number of rotatable bonds is 6. The molecular weight excluding hydrogens is 409 g/mol. The van der Waals surface area contributed by atoms with Gasteiger partial charge in [-0.05, 0) is 72.0 Å². The lowest BCUT2D eigenvalue weighted by Crippen LogP contribution is -2.20. The van der Waals surface area contributed by atoms with Gasteiger partial charge in [0.05, 0.1) is 12.2 Å². The maximum atomic E-state index is 11.9. The Bertz CT molecular complexity index is 685. The highest BCUT2D eigenvalue weighted by molar-refractivity contribution is 14.1. The Balaban J connectivity index is 1.91. The fourth-order valence-corrected chi connectivity index (χ4v) is 2.17. The van der Waals surface area contributed by atoms with E-state index < -0.39 is 5.97 Å². The lowest BCUT2D eigenvalue weighted by molar-refractivity contribution is -0.118. The van der Waals surface area contributed by atoms with Crippen molar-refractivity contribution in [3.05, 3.63) is 57.7 Å². The molecule has 0 aliphatic rings. The van der Waals surface area contributed by atoms with Crippen LogP contribution in [0.1, 0.15) is 17.3 Å². The summed E-state index contributed by atoms with van der Waals surface area (Å²) in [6, 6.07) is 14.0. The van der Waals surface area contributed by atoms with E-state index >= 15 is 0 Å². The number of anilines is 1. The molecule has 0 radical (unpaired) electrons. The molecule has 0 saturated carbocycles. The Labute approximate surface area is 148 Å². The minimum absolute atomic E-state index is 0.107. The van der Waals surface area contributed by atoms with Gasteiger partial charge < -0.3 is 14.8 Å². The van der Waals surface area contributed by atoms with Gasteiger partial charge in [0.1, 0.15) is 5.75 Å². The van der Waals surface area contributed by atoms with Crippen LogP contribution in [0.25, 0.3) is 0 Å². The second-order valence-electron chi connectivity index (χ2n) is 4.59. The molecule has 0 atom stereocenters. The quantitative estimate of drug-likeness (QED) is 0.569. The summed E-state index contributed by atoms with van der Waals surface area (Å²) in [5.74, 6) is -0.0934. The van der Waals surface area contributed by atoms with E-state index in [-0.39, 0.29) is 12.5 Å². The van der Waals surface area contributed by atoms with Gasteiger partial charge in [0.25, 0.3) is 5.91 Å². The van der Waals surface area contributed by atoms with Crippen LogP contribution in [0.2, 0.25) is 0 Å². The van der Waals surface area contributed by atoms with Crippen molar-refractivity contribution in [3.8, 4) is 5.75 Å². The minimum Gasteiger partial charge on any atom is -0.484 e. The molecule has 0 aromatic heterocycles. The molecule has 2 aromatic carbocycles. The van der Waals surface area contributed by atoms with Crippen LogP contribution in [0.3, 0.4) is 0 Å². The van der Waals surface area contributed by atoms with Crippen molar-refractivity contribution in [2.75, 3.05) is 18.5 Å². The summed E-state index contributed by atoms with van der Waals surface area (Å²) in [5, 5.41) is 2.69. The van der Waals surface area contributed by atoms with Gasteiger partial charge in [-0.25, -0.2) is 4.79 Å². The predicted molar refractivity (Wildman–Crippen MR) is 95.7 cm³/mol. The van der Waals surface area contributed by atoms with Crippen molar-refractivity contribution in [3.63, 3.8) is 0 Å².